The zero-order chi connectivity index (χ0) is 12.7. The van der Waals surface area contributed by atoms with Crippen LogP contribution in [-0.4, -0.2) is 18.6 Å². The van der Waals surface area contributed by atoms with E-state index in [1.807, 2.05) is 6.92 Å². The molecule has 94 valence electrons. The van der Waals surface area contributed by atoms with Gasteiger partial charge in [0.25, 0.3) is 5.91 Å². The molecule has 1 atom stereocenters. The van der Waals surface area contributed by atoms with Crippen molar-refractivity contribution >= 4 is 5.91 Å². The fourth-order valence-corrected chi connectivity index (χ4v) is 1.53. The lowest BCUT2D eigenvalue weighted by molar-refractivity contribution is -0.123. The molecular weight excluding hydrogens is 221 g/mol. The third-order valence-electron chi connectivity index (χ3n) is 2.30. The van der Waals surface area contributed by atoms with Crippen LogP contribution in [-0.2, 0) is 4.79 Å². The molecule has 0 aromatic heterocycles. The smallest absolute Gasteiger partial charge is 0.258 e. The first kappa shape index (κ1) is 13.5. The number of ether oxygens (including phenoxy) is 1. The molecule has 0 aliphatic heterocycles. The van der Waals surface area contributed by atoms with Crippen LogP contribution in [0.5, 0.6) is 5.75 Å². The number of halogens is 1. The van der Waals surface area contributed by atoms with Crippen molar-refractivity contribution in [2.24, 2.45) is 0 Å². The van der Waals surface area contributed by atoms with Crippen molar-refractivity contribution in [3.8, 4) is 5.75 Å². The minimum Gasteiger partial charge on any atom is -0.484 e. The van der Waals surface area contributed by atoms with Crippen molar-refractivity contribution in [2.45, 2.75) is 32.7 Å². The van der Waals surface area contributed by atoms with Gasteiger partial charge in [0.2, 0.25) is 0 Å². The van der Waals surface area contributed by atoms with E-state index in [1.165, 1.54) is 12.1 Å². The van der Waals surface area contributed by atoms with Crippen LogP contribution >= 0.6 is 0 Å². The lowest BCUT2D eigenvalue weighted by Crippen LogP contribution is -2.35. The summed E-state index contributed by atoms with van der Waals surface area (Å²) < 4.78 is 18.0. The highest BCUT2D eigenvalue weighted by Gasteiger charge is 2.07. The molecule has 0 unspecified atom stereocenters. The molecule has 0 aliphatic rings. The highest BCUT2D eigenvalue weighted by Crippen LogP contribution is 2.11. The van der Waals surface area contributed by atoms with Gasteiger partial charge in [-0.25, -0.2) is 4.39 Å². The molecule has 0 radical (unpaired) electrons. The number of carbonyl (C=O) groups is 1. The third kappa shape index (κ3) is 5.33. The fourth-order valence-electron chi connectivity index (χ4n) is 1.53. The maximum absolute atomic E-state index is 12.8. The summed E-state index contributed by atoms with van der Waals surface area (Å²) in [5.41, 5.74) is 0. The number of hydrogen-bond acceptors (Lipinski definition) is 2. The van der Waals surface area contributed by atoms with Gasteiger partial charge in [0.1, 0.15) is 11.6 Å². The molecule has 0 bridgehead atoms. The lowest BCUT2D eigenvalue weighted by Gasteiger charge is -2.13. The summed E-state index contributed by atoms with van der Waals surface area (Å²) in [6.45, 7) is 3.92. The van der Waals surface area contributed by atoms with Crippen molar-refractivity contribution in [1.29, 1.82) is 0 Å². The molecular formula is C13H18FNO2. The van der Waals surface area contributed by atoms with Crippen LogP contribution in [0.1, 0.15) is 26.7 Å². The van der Waals surface area contributed by atoms with Crippen molar-refractivity contribution in [3.05, 3.63) is 30.1 Å². The van der Waals surface area contributed by atoms with Gasteiger partial charge in [-0.05, 0) is 25.5 Å². The van der Waals surface area contributed by atoms with Gasteiger partial charge in [0, 0.05) is 12.1 Å². The Bertz CT molecular complexity index is 368. The van der Waals surface area contributed by atoms with Gasteiger partial charge in [0.15, 0.2) is 6.61 Å². The molecule has 0 aliphatic carbocycles. The van der Waals surface area contributed by atoms with Crippen LogP contribution in [0, 0.1) is 5.82 Å². The molecule has 3 nitrogen and oxygen atoms in total. The first-order valence-corrected chi connectivity index (χ1v) is 5.79. The average Bonchev–Trinajstić information content (AvgIpc) is 2.27. The van der Waals surface area contributed by atoms with E-state index in [0.29, 0.717) is 5.75 Å². The van der Waals surface area contributed by atoms with Gasteiger partial charge in [-0.3, -0.25) is 4.79 Å². The summed E-state index contributed by atoms with van der Waals surface area (Å²) in [6, 6.07) is 5.89. The van der Waals surface area contributed by atoms with Crippen molar-refractivity contribution in [1.82, 2.24) is 5.32 Å². The van der Waals surface area contributed by atoms with Crippen LogP contribution in [0.15, 0.2) is 24.3 Å². The van der Waals surface area contributed by atoms with E-state index in [4.69, 9.17) is 4.74 Å². The van der Waals surface area contributed by atoms with Crippen molar-refractivity contribution < 1.29 is 13.9 Å². The van der Waals surface area contributed by atoms with Crippen LogP contribution in [0.25, 0.3) is 0 Å². The Kier molecular flexibility index (Phi) is 5.46. The Morgan fingerprint density at radius 3 is 2.94 bits per heavy atom. The van der Waals surface area contributed by atoms with Crippen LogP contribution < -0.4 is 10.1 Å². The quantitative estimate of drug-likeness (QED) is 0.828. The molecule has 1 aromatic carbocycles. The number of nitrogens with one attached hydrogen (secondary N) is 1. The molecule has 0 saturated heterocycles. The molecule has 0 heterocycles. The van der Waals surface area contributed by atoms with E-state index in [1.54, 1.807) is 12.1 Å². The predicted molar refractivity (Wildman–Crippen MR) is 64.4 cm³/mol. The second-order valence-electron chi connectivity index (χ2n) is 4.00. The minimum atomic E-state index is -0.373. The van der Waals surface area contributed by atoms with E-state index < -0.39 is 0 Å². The lowest BCUT2D eigenvalue weighted by atomic mass is 10.2. The molecule has 0 fully saturated rings. The molecule has 17 heavy (non-hydrogen) atoms. The summed E-state index contributed by atoms with van der Waals surface area (Å²) in [7, 11) is 0. The molecule has 4 heteroatoms. The Morgan fingerprint density at radius 2 is 2.29 bits per heavy atom. The standard InChI is InChI=1S/C13H18FNO2/c1-3-5-10(2)15-13(16)9-17-12-7-4-6-11(14)8-12/h4,6-8,10H,3,5,9H2,1-2H3,(H,15,16)/t10-/m0/s1. The Balaban J connectivity index is 2.33. The first-order valence-electron chi connectivity index (χ1n) is 5.79. The number of rotatable bonds is 6. The van der Waals surface area contributed by atoms with Gasteiger partial charge < -0.3 is 10.1 Å². The van der Waals surface area contributed by atoms with Crippen LogP contribution in [0.3, 0.4) is 0 Å². The summed E-state index contributed by atoms with van der Waals surface area (Å²) in [5.74, 6) is -0.194. The molecule has 1 aromatic rings. The van der Waals surface area contributed by atoms with Gasteiger partial charge in [-0.15, -0.1) is 0 Å². The van der Waals surface area contributed by atoms with E-state index in [2.05, 4.69) is 12.2 Å². The topological polar surface area (TPSA) is 38.3 Å². The maximum atomic E-state index is 12.8. The average molecular weight is 239 g/mol. The molecule has 1 rings (SSSR count). The molecule has 1 N–H and O–H groups in total. The van der Waals surface area contributed by atoms with Crippen LogP contribution in [0.4, 0.5) is 4.39 Å². The van der Waals surface area contributed by atoms with Crippen molar-refractivity contribution in [2.75, 3.05) is 6.61 Å². The van der Waals surface area contributed by atoms with Gasteiger partial charge in [-0.2, -0.15) is 0 Å². The Morgan fingerprint density at radius 1 is 1.53 bits per heavy atom. The number of hydrogen-bond donors (Lipinski definition) is 1. The Hall–Kier alpha value is -1.58. The zero-order valence-corrected chi connectivity index (χ0v) is 10.2. The second-order valence-corrected chi connectivity index (χ2v) is 4.00. The molecule has 0 saturated carbocycles. The van der Waals surface area contributed by atoms with E-state index >= 15 is 0 Å². The van der Waals surface area contributed by atoms with E-state index in [0.717, 1.165) is 12.8 Å². The van der Waals surface area contributed by atoms with Crippen molar-refractivity contribution in [3.63, 3.8) is 0 Å². The Labute approximate surface area is 101 Å². The fraction of sp³-hybridized carbons (Fsp3) is 0.462. The number of benzene rings is 1. The maximum Gasteiger partial charge on any atom is 0.258 e. The van der Waals surface area contributed by atoms with Gasteiger partial charge >= 0.3 is 0 Å². The minimum absolute atomic E-state index is 0.0858. The summed E-state index contributed by atoms with van der Waals surface area (Å²) in [4.78, 5) is 11.5. The normalized spacial score (nSPS) is 11.9. The number of amides is 1. The molecule has 0 spiro atoms. The molecule has 1 amide bonds. The summed E-state index contributed by atoms with van der Waals surface area (Å²) >= 11 is 0. The van der Waals surface area contributed by atoms with E-state index in [9.17, 15) is 9.18 Å². The predicted octanol–water partition coefficient (Wildman–Crippen LogP) is 2.51. The number of carbonyl (C=O) groups excluding carboxylic acids is 1. The third-order valence-corrected chi connectivity index (χ3v) is 2.30. The summed E-state index contributed by atoms with van der Waals surface area (Å²) in [6.07, 6.45) is 1.96. The largest absolute Gasteiger partial charge is 0.484 e. The second kappa shape index (κ2) is 6.89. The SMILES string of the molecule is CCC[C@H](C)NC(=O)COc1cccc(F)c1. The highest BCUT2D eigenvalue weighted by molar-refractivity contribution is 5.77. The highest BCUT2D eigenvalue weighted by atomic mass is 19.1. The van der Waals surface area contributed by atoms with Gasteiger partial charge in [0.05, 0.1) is 0 Å². The van der Waals surface area contributed by atoms with Gasteiger partial charge in [-0.1, -0.05) is 19.4 Å². The van der Waals surface area contributed by atoms with E-state index in [-0.39, 0.29) is 24.4 Å². The first-order chi connectivity index (χ1) is 8.11. The monoisotopic (exact) mass is 239 g/mol. The zero-order valence-electron chi connectivity index (χ0n) is 10.2. The van der Waals surface area contributed by atoms with Crippen LogP contribution in [0.2, 0.25) is 0 Å². The summed E-state index contributed by atoms with van der Waals surface area (Å²) in [5, 5.41) is 2.81.